The average molecular weight is 447 g/mol. The molecule has 0 aliphatic rings. The monoisotopic (exact) mass is 446 g/mol. The van der Waals surface area contributed by atoms with E-state index in [1.807, 2.05) is 26.0 Å². The number of anilines is 2. The van der Waals surface area contributed by atoms with Crippen LogP contribution in [0, 0.1) is 13.8 Å². The number of ether oxygens (including phenoxy) is 1. The number of unbranched alkanes of at least 4 members (excludes halogenated alkanes) is 2. The second kappa shape index (κ2) is 10.9. The number of carbonyl (C=O) groups excluding carboxylic acids is 2. The first kappa shape index (κ1) is 22.0. The van der Waals surface area contributed by atoms with Gasteiger partial charge in [0.2, 0.25) is 5.91 Å². The van der Waals surface area contributed by atoms with Gasteiger partial charge in [0.25, 0.3) is 5.91 Å². The van der Waals surface area contributed by atoms with Crippen molar-refractivity contribution in [1.29, 1.82) is 0 Å². The van der Waals surface area contributed by atoms with Crippen molar-refractivity contribution >= 4 is 39.1 Å². The van der Waals surface area contributed by atoms with E-state index in [4.69, 9.17) is 4.74 Å². The molecule has 0 radical (unpaired) electrons. The number of aryl methyl sites for hydroxylation is 2. The number of halogens is 1. The third kappa shape index (κ3) is 7.00. The Balaban J connectivity index is 1.89. The fourth-order valence-electron chi connectivity index (χ4n) is 2.89. The molecule has 0 aliphatic heterocycles. The molecular weight excluding hydrogens is 420 g/mol. The molecule has 5 nitrogen and oxygen atoms in total. The van der Waals surface area contributed by atoms with Gasteiger partial charge < -0.3 is 15.4 Å². The zero-order valence-electron chi connectivity index (χ0n) is 16.6. The smallest absolute Gasteiger partial charge is 0.262 e. The molecule has 0 fully saturated rings. The zero-order valence-corrected chi connectivity index (χ0v) is 18.2. The zero-order chi connectivity index (χ0) is 20.5. The van der Waals surface area contributed by atoms with Crippen molar-refractivity contribution in [2.75, 3.05) is 17.2 Å². The quantitative estimate of drug-likeness (QED) is 0.492. The van der Waals surface area contributed by atoms with Crippen molar-refractivity contribution < 1.29 is 14.3 Å². The summed E-state index contributed by atoms with van der Waals surface area (Å²) in [6.45, 7) is 5.90. The van der Waals surface area contributed by atoms with Gasteiger partial charge in [-0.2, -0.15) is 0 Å². The Labute approximate surface area is 175 Å². The lowest BCUT2D eigenvalue weighted by Crippen LogP contribution is -2.21. The summed E-state index contributed by atoms with van der Waals surface area (Å²) in [6, 6.07) is 11.0. The van der Waals surface area contributed by atoms with E-state index in [9.17, 15) is 9.59 Å². The molecule has 0 heterocycles. The molecule has 2 N–H and O–H groups in total. The van der Waals surface area contributed by atoms with E-state index in [-0.39, 0.29) is 18.4 Å². The first-order chi connectivity index (χ1) is 13.4. The van der Waals surface area contributed by atoms with Crippen LogP contribution in [0.2, 0.25) is 0 Å². The highest BCUT2D eigenvalue weighted by atomic mass is 79.9. The number of hydrogen-bond donors (Lipinski definition) is 2. The van der Waals surface area contributed by atoms with Crippen LogP contribution >= 0.6 is 15.9 Å². The highest BCUT2D eigenvalue weighted by Crippen LogP contribution is 2.27. The van der Waals surface area contributed by atoms with Crippen LogP contribution in [0.3, 0.4) is 0 Å². The number of carbonyl (C=O) groups is 2. The summed E-state index contributed by atoms with van der Waals surface area (Å²) in [5.74, 6) is 0.445. The molecule has 0 aliphatic carbocycles. The van der Waals surface area contributed by atoms with Gasteiger partial charge in [-0.25, -0.2) is 0 Å². The van der Waals surface area contributed by atoms with E-state index in [0.717, 1.165) is 34.9 Å². The summed E-state index contributed by atoms with van der Waals surface area (Å²) in [4.78, 5) is 24.2. The van der Waals surface area contributed by atoms with Crippen LogP contribution in [0.25, 0.3) is 0 Å². The van der Waals surface area contributed by atoms with Crippen molar-refractivity contribution in [2.24, 2.45) is 0 Å². The van der Waals surface area contributed by atoms with Gasteiger partial charge >= 0.3 is 0 Å². The van der Waals surface area contributed by atoms with Gasteiger partial charge in [0.1, 0.15) is 5.75 Å². The molecule has 0 atom stereocenters. The van der Waals surface area contributed by atoms with Crippen LogP contribution in [-0.4, -0.2) is 18.4 Å². The maximum absolute atomic E-state index is 12.3. The Morgan fingerprint density at radius 1 is 0.964 bits per heavy atom. The van der Waals surface area contributed by atoms with E-state index in [1.54, 1.807) is 24.3 Å². The Morgan fingerprint density at radius 3 is 2.18 bits per heavy atom. The minimum atomic E-state index is -0.256. The molecule has 0 saturated carbocycles. The standard InChI is InChI=1S/C22H27BrN2O3/c1-4-5-6-10-20(26)24-18-8-7-9-19(13-18)25-21(27)14-28-22-15(2)11-17(23)12-16(22)3/h7-9,11-13H,4-6,10,14H2,1-3H3,(H,24,26)(H,25,27). The van der Waals surface area contributed by atoms with Crippen LogP contribution in [0.5, 0.6) is 5.75 Å². The van der Waals surface area contributed by atoms with E-state index in [2.05, 4.69) is 33.5 Å². The Bertz CT molecular complexity index is 813. The predicted molar refractivity (Wildman–Crippen MR) is 117 cm³/mol. The van der Waals surface area contributed by atoms with Crippen molar-refractivity contribution in [3.05, 3.63) is 52.0 Å². The summed E-state index contributed by atoms with van der Waals surface area (Å²) < 4.78 is 6.68. The molecule has 0 saturated heterocycles. The van der Waals surface area contributed by atoms with Crippen LogP contribution < -0.4 is 15.4 Å². The summed E-state index contributed by atoms with van der Waals surface area (Å²) in [5.41, 5.74) is 3.21. The van der Waals surface area contributed by atoms with Gasteiger partial charge in [-0.15, -0.1) is 0 Å². The molecular formula is C22H27BrN2O3. The number of benzene rings is 2. The molecule has 6 heteroatoms. The minimum Gasteiger partial charge on any atom is -0.483 e. The fraction of sp³-hybridized carbons (Fsp3) is 0.364. The second-order valence-electron chi connectivity index (χ2n) is 6.79. The van der Waals surface area contributed by atoms with E-state index in [0.29, 0.717) is 23.5 Å². The van der Waals surface area contributed by atoms with E-state index >= 15 is 0 Å². The molecule has 2 amide bonds. The summed E-state index contributed by atoms with van der Waals surface area (Å²) >= 11 is 3.45. The summed E-state index contributed by atoms with van der Waals surface area (Å²) in [7, 11) is 0. The van der Waals surface area contributed by atoms with Crippen molar-refractivity contribution in [3.63, 3.8) is 0 Å². The molecule has 0 spiro atoms. The number of amides is 2. The molecule has 0 aromatic heterocycles. The fourth-order valence-corrected chi connectivity index (χ4v) is 3.58. The largest absolute Gasteiger partial charge is 0.483 e. The molecule has 2 rings (SSSR count). The summed E-state index contributed by atoms with van der Waals surface area (Å²) in [5, 5.41) is 5.67. The first-order valence-corrected chi connectivity index (χ1v) is 10.3. The van der Waals surface area contributed by atoms with Crippen molar-refractivity contribution in [2.45, 2.75) is 46.5 Å². The SMILES string of the molecule is CCCCCC(=O)Nc1cccc(NC(=O)COc2c(C)cc(Br)cc2C)c1. The van der Waals surface area contributed by atoms with E-state index < -0.39 is 0 Å². The maximum atomic E-state index is 12.3. The van der Waals surface area contributed by atoms with Crippen LogP contribution in [-0.2, 0) is 9.59 Å². The Hall–Kier alpha value is -2.34. The molecule has 150 valence electrons. The topological polar surface area (TPSA) is 67.4 Å². The maximum Gasteiger partial charge on any atom is 0.262 e. The van der Waals surface area contributed by atoms with Crippen LogP contribution in [0.1, 0.15) is 43.7 Å². The number of nitrogens with one attached hydrogen (secondary N) is 2. The van der Waals surface area contributed by atoms with Crippen molar-refractivity contribution in [1.82, 2.24) is 0 Å². The highest BCUT2D eigenvalue weighted by molar-refractivity contribution is 9.10. The summed E-state index contributed by atoms with van der Waals surface area (Å²) in [6.07, 6.45) is 3.51. The lowest BCUT2D eigenvalue weighted by atomic mass is 10.1. The van der Waals surface area contributed by atoms with Gasteiger partial charge in [0, 0.05) is 22.3 Å². The first-order valence-electron chi connectivity index (χ1n) is 9.48. The van der Waals surface area contributed by atoms with Crippen molar-refractivity contribution in [3.8, 4) is 5.75 Å². The lowest BCUT2D eigenvalue weighted by molar-refractivity contribution is -0.118. The van der Waals surface area contributed by atoms with Gasteiger partial charge in [0.15, 0.2) is 6.61 Å². The van der Waals surface area contributed by atoms with Gasteiger partial charge in [-0.05, 0) is 61.7 Å². The second-order valence-corrected chi connectivity index (χ2v) is 7.71. The lowest BCUT2D eigenvalue weighted by Gasteiger charge is -2.13. The Morgan fingerprint density at radius 2 is 1.57 bits per heavy atom. The predicted octanol–water partition coefficient (Wildman–Crippen LogP) is 5.60. The minimum absolute atomic E-state index is 0.0125. The normalized spacial score (nSPS) is 10.4. The van der Waals surface area contributed by atoms with Gasteiger partial charge in [-0.3, -0.25) is 9.59 Å². The van der Waals surface area contributed by atoms with E-state index in [1.165, 1.54) is 0 Å². The highest BCUT2D eigenvalue weighted by Gasteiger charge is 2.10. The third-order valence-corrected chi connectivity index (χ3v) is 4.67. The van der Waals surface area contributed by atoms with Crippen LogP contribution in [0.4, 0.5) is 11.4 Å². The molecule has 0 bridgehead atoms. The third-order valence-electron chi connectivity index (χ3n) is 4.21. The molecule has 2 aromatic rings. The Kier molecular flexibility index (Phi) is 8.51. The number of hydrogen-bond acceptors (Lipinski definition) is 3. The molecule has 28 heavy (non-hydrogen) atoms. The van der Waals surface area contributed by atoms with Gasteiger partial charge in [-0.1, -0.05) is 41.8 Å². The molecule has 2 aromatic carbocycles. The van der Waals surface area contributed by atoms with Crippen LogP contribution in [0.15, 0.2) is 40.9 Å². The molecule has 0 unspecified atom stereocenters. The average Bonchev–Trinajstić information content (AvgIpc) is 2.61. The van der Waals surface area contributed by atoms with Gasteiger partial charge in [0.05, 0.1) is 0 Å². The number of rotatable bonds is 9.